The number of nitrogens with zero attached hydrogens (tertiary/aromatic N) is 4. The third-order valence-corrected chi connectivity index (χ3v) is 7.32. The lowest BCUT2D eigenvalue weighted by Crippen LogP contribution is -2.48. The number of anilines is 1. The molecule has 1 aliphatic rings. The molecule has 2 heterocycles. The lowest BCUT2D eigenvalue weighted by Gasteiger charge is -2.36. The number of hydrogen-bond donors (Lipinski definition) is 0. The van der Waals surface area contributed by atoms with Gasteiger partial charge in [-0.1, -0.05) is 66.7 Å². The van der Waals surface area contributed by atoms with Crippen molar-refractivity contribution in [3.8, 4) is 5.75 Å². The van der Waals surface area contributed by atoms with Crippen molar-refractivity contribution in [2.45, 2.75) is 19.6 Å². The number of para-hydroxylation sites is 1. The second kappa shape index (κ2) is 11.0. The highest BCUT2D eigenvalue weighted by molar-refractivity contribution is 5.94. The number of amides is 1. The van der Waals surface area contributed by atoms with Crippen LogP contribution in [0, 0.1) is 0 Å². The van der Waals surface area contributed by atoms with E-state index in [1.807, 2.05) is 71.6 Å². The first-order valence-electron chi connectivity index (χ1n) is 13.5. The van der Waals surface area contributed by atoms with E-state index in [0.29, 0.717) is 19.6 Å². The van der Waals surface area contributed by atoms with Crippen molar-refractivity contribution in [1.82, 2.24) is 14.5 Å². The maximum Gasteiger partial charge on any atom is 0.253 e. The molecule has 1 unspecified atom stereocenters. The maximum atomic E-state index is 12.9. The third-order valence-electron chi connectivity index (χ3n) is 7.32. The van der Waals surface area contributed by atoms with Crippen LogP contribution in [0.4, 0.5) is 5.69 Å². The summed E-state index contributed by atoms with van der Waals surface area (Å²) in [7, 11) is 0. The van der Waals surface area contributed by atoms with Crippen molar-refractivity contribution in [2.24, 2.45) is 0 Å². The number of fused-ring (bicyclic) bond motifs is 1. The molecule has 1 fully saturated rings. The fourth-order valence-corrected chi connectivity index (χ4v) is 5.26. The first-order valence-corrected chi connectivity index (χ1v) is 13.5. The quantitative estimate of drug-likeness (QED) is 0.259. The number of ether oxygens (including phenoxy) is 1. The van der Waals surface area contributed by atoms with Gasteiger partial charge in [-0.3, -0.25) is 4.79 Å². The number of aromatic nitrogens is 2. The zero-order chi connectivity index (χ0) is 26.6. The van der Waals surface area contributed by atoms with Gasteiger partial charge in [0.1, 0.15) is 5.75 Å². The zero-order valence-electron chi connectivity index (χ0n) is 22.1. The first-order chi connectivity index (χ1) is 19.2. The highest BCUT2D eigenvalue weighted by Crippen LogP contribution is 2.29. The topological polar surface area (TPSA) is 50.6 Å². The molecule has 6 rings (SSSR count). The molecule has 39 heavy (non-hydrogen) atoms. The van der Waals surface area contributed by atoms with Crippen molar-refractivity contribution in [1.29, 1.82) is 0 Å². The van der Waals surface area contributed by atoms with Gasteiger partial charge in [-0.25, -0.2) is 4.98 Å². The summed E-state index contributed by atoms with van der Waals surface area (Å²) in [4.78, 5) is 22.3. The van der Waals surface area contributed by atoms with E-state index in [0.717, 1.165) is 46.9 Å². The molecule has 0 aliphatic carbocycles. The van der Waals surface area contributed by atoms with E-state index in [2.05, 4.69) is 58.9 Å². The van der Waals surface area contributed by atoms with Gasteiger partial charge < -0.3 is 19.1 Å². The van der Waals surface area contributed by atoms with Gasteiger partial charge in [0.2, 0.25) is 0 Å². The molecule has 0 N–H and O–H groups in total. The summed E-state index contributed by atoms with van der Waals surface area (Å²) >= 11 is 0. The van der Waals surface area contributed by atoms with Crippen LogP contribution in [-0.4, -0.2) is 46.5 Å². The van der Waals surface area contributed by atoms with Crippen LogP contribution in [0.1, 0.15) is 34.8 Å². The minimum atomic E-state index is -0.223. The fraction of sp³-hybridized carbons (Fsp3) is 0.212. The average Bonchev–Trinajstić information content (AvgIpc) is 3.36. The normalized spacial score (nSPS) is 14.4. The van der Waals surface area contributed by atoms with Crippen molar-refractivity contribution in [3.05, 3.63) is 126 Å². The van der Waals surface area contributed by atoms with Gasteiger partial charge in [-0.05, 0) is 55.0 Å². The molecular weight excluding hydrogens is 484 g/mol. The Labute approximate surface area is 229 Å². The second-order valence-corrected chi connectivity index (χ2v) is 9.93. The minimum absolute atomic E-state index is 0.101. The predicted octanol–water partition coefficient (Wildman–Crippen LogP) is 6.19. The second-order valence-electron chi connectivity index (χ2n) is 9.93. The van der Waals surface area contributed by atoms with Crippen LogP contribution < -0.4 is 9.64 Å². The largest absolute Gasteiger partial charge is 0.483 e. The van der Waals surface area contributed by atoms with Gasteiger partial charge in [0.25, 0.3) is 5.91 Å². The lowest BCUT2D eigenvalue weighted by atomic mass is 10.1. The van der Waals surface area contributed by atoms with Crippen LogP contribution in [0.25, 0.3) is 11.0 Å². The summed E-state index contributed by atoms with van der Waals surface area (Å²) in [5.74, 6) is 1.82. The maximum absolute atomic E-state index is 12.9. The number of hydrogen-bond acceptors (Lipinski definition) is 4. The lowest BCUT2D eigenvalue weighted by molar-refractivity contribution is 0.0747. The highest BCUT2D eigenvalue weighted by atomic mass is 16.5. The van der Waals surface area contributed by atoms with E-state index in [9.17, 15) is 4.79 Å². The standard InChI is InChI=1S/C33H32N4O2/c1-25(39-29-15-9-4-10-16-29)32-34-30-18-17-28(23-31(30)37(32)24-26-11-5-2-6-12-26)35-19-21-36(22-20-35)33(38)27-13-7-3-8-14-27/h2-18,23,25H,19-22,24H2,1H3. The molecule has 1 aromatic heterocycles. The molecule has 1 aliphatic heterocycles. The average molecular weight is 517 g/mol. The number of imidazole rings is 1. The Morgan fingerprint density at radius 2 is 1.46 bits per heavy atom. The van der Waals surface area contributed by atoms with Gasteiger partial charge >= 0.3 is 0 Å². The van der Waals surface area contributed by atoms with Crippen molar-refractivity contribution < 1.29 is 9.53 Å². The van der Waals surface area contributed by atoms with E-state index in [4.69, 9.17) is 9.72 Å². The van der Waals surface area contributed by atoms with Gasteiger partial charge in [0, 0.05) is 44.0 Å². The molecule has 1 amide bonds. The third kappa shape index (κ3) is 5.36. The molecule has 6 heteroatoms. The van der Waals surface area contributed by atoms with Crippen LogP contribution in [0.2, 0.25) is 0 Å². The number of rotatable bonds is 7. The Morgan fingerprint density at radius 3 is 2.15 bits per heavy atom. The molecule has 0 bridgehead atoms. The molecule has 1 atom stereocenters. The Morgan fingerprint density at radius 1 is 0.821 bits per heavy atom. The molecule has 5 aromatic rings. The van der Waals surface area contributed by atoms with E-state index >= 15 is 0 Å². The monoisotopic (exact) mass is 516 g/mol. The molecule has 0 spiro atoms. The number of carbonyl (C=O) groups is 1. The van der Waals surface area contributed by atoms with Crippen molar-refractivity contribution >= 4 is 22.6 Å². The molecule has 1 saturated heterocycles. The van der Waals surface area contributed by atoms with Crippen LogP contribution in [-0.2, 0) is 6.54 Å². The first kappa shape index (κ1) is 24.7. The number of piperazine rings is 1. The Kier molecular flexibility index (Phi) is 7.00. The van der Waals surface area contributed by atoms with E-state index in [1.54, 1.807) is 0 Å². The van der Waals surface area contributed by atoms with Crippen LogP contribution >= 0.6 is 0 Å². The molecule has 196 valence electrons. The Balaban J connectivity index is 1.27. The SMILES string of the molecule is CC(Oc1ccccc1)c1nc2ccc(N3CCN(C(=O)c4ccccc4)CC3)cc2n1Cc1ccccc1. The van der Waals surface area contributed by atoms with Gasteiger partial charge in [0.05, 0.1) is 11.0 Å². The van der Waals surface area contributed by atoms with Gasteiger partial charge in [0.15, 0.2) is 11.9 Å². The zero-order valence-corrected chi connectivity index (χ0v) is 22.1. The van der Waals surface area contributed by atoms with Crippen LogP contribution in [0.15, 0.2) is 109 Å². The van der Waals surface area contributed by atoms with Crippen molar-refractivity contribution in [2.75, 3.05) is 31.1 Å². The number of carbonyl (C=O) groups excluding carboxylic acids is 1. The summed E-state index contributed by atoms with van der Waals surface area (Å²) in [6.45, 7) is 5.73. The fourth-order valence-electron chi connectivity index (χ4n) is 5.26. The van der Waals surface area contributed by atoms with Crippen molar-refractivity contribution in [3.63, 3.8) is 0 Å². The highest BCUT2D eigenvalue weighted by Gasteiger charge is 2.24. The molecule has 0 saturated carbocycles. The summed E-state index contributed by atoms with van der Waals surface area (Å²) in [6, 6.07) is 36.4. The minimum Gasteiger partial charge on any atom is -0.483 e. The molecule has 0 radical (unpaired) electrons. The summed E-state index contributed by atoms with van der Waals surface area (Å²) < 4.78 is 8.57. The number of benzene rings is 4. The predicted molar refractivity (Wildman–Crippen MR) is 155 cm³/mol. The Bertz CT molecular complexity index is 1540. The van der Waals surface area contributed by atoms with Crippen LogP contribution in [0.3, 0.4) is 0 Å². The van der Waals surface area contributed by atoms with E-state index in [-0.39, 0.29) is 12.0 Å². The summed E-state index contributed by atoms with van der Waals surface area (Å²) in [5, 5.41) is 0. The molecule has 4 aromatic carbocycles. The summed E-state index contributed by atoms with van der Waals surface area (Å²) in [6.07, 6.45) is -0.223. The summed E-state index contributed by atoms with van der Waals surface area (Å²) in [5.41, 5.74) is 5.13. The smallest absolute Gasteiger partial charge is 0.253 e. The Hall–Kier alpha value is -4.58. The molecular formula is C33H32N4O2. The van der Waals surface area contributed by atoms with Gasteiger partial charge in [-0.2, -0.15) is 0 Å². The molecule has 6 nitrogen and oxygen atoms in total. The van der Waals surface area contributed by atoms with Gasteiger partial charge in [-0.15, -0.1) is 0 Å². The van der Waals surface area contributed by atoms with E-state index in [1.165, 1.54) is 5.56 Å². The van der Waals surface area contributed by atoms with E-state index < -0.39 is 0 Å². The van der Waals surface area contributed by atoms with Crippen LogP contribution in [0.5, 0.6) is 5.75 Å².